The highest BCUT2D eigenvalue weighted by Crippen LogP contribution is 2.33. The molecule has 1 heterocycles. The second-order valence-corrected chi connectivity index (χ2v) is 7.82. The molecule has 1 N–H and O–H groups in total. The van der Waals surface area contributed by atoms with Crippen molar-refractivity contribution < 1.29 is 19.1 Å². The molecule has 0 spiro atoms. The Kier molecular flexibility index (Phi) is 6.45. The fraction of sp³-hybridized carbons (Fsp3) is 0.185. The molecule has 6 nitrogen and oxygen atoms in total. The van der Waals surface area contributed by atoms with Gasteiger partial charge in [0.05, 0.1) is 7.11 Å². The normalized spacial score (nSPS) is 13.5. The lowest BCUT2D eigenvalue weighted by Gasteiger charge is -2.24. The van der Waals surface area contributed by atoms with Crippen LogP contribution in [0, 0.1) is 0 Å². The third-order valence-corrected chi connectivity index (χ3v) is 5.68. The zero-order valence-electron chi connectivity index (χ0n) is 18.7. The number of nitrogens with zero attached hydrogens (tertiary/aromatic N) is 1. The van der Waals surface area contributed by atoms with Crippen LogP contribution in [0.1, 0.15) is 34.0 Å². The molecule has 33 heavy (non-hydrogen) atoms. The average Bonchev–Trinajstić information content (AvgIpc) is 3.11. The lowest BCUT2D eigenvalue weighted by molar-refractivity contribution is -0.124. The zero-order valence-corrected chi connectivity index (χ0v) is 18.7. The van der Waals surface area contributed by atoms with Crippen molar-refractivity contribution in [1.29, 1.82) is 0 Å². The standard InChI is InChI=1S/C27H26N2O4/c1-18-22-11-7-8-12-23(22)27(31)29(18)19(2)26(30)28-16-21-13-14-24(25(15-21)32-3)33-17-20-9-5-4-6-10-20/h4-15,19H,1,16-17H2,2-3H3,(H,28,30)/t19-/m0/s1. The van der Waals surface area contributed by atoms with Crippen molar-refractivity contribution in [2.24, 2.45) is 0 Å². The van der Waals surface area contributed by atoms with Crippen molar-refractivity contribution in [2.75, 3.05) is 7.11 Å². The summed E-state index contributed by atoms with van der Waals surface area (Å²) in [6, 6.07) is 22.0. The number of methoxy groups -OCH3 is 1. The third kappa shape index (κ3) is 4.60. The van der Waals surface area contributed by atoms with Gasteiger partial charge in [0.1, 0.15) is 12.6 Å². The topological polar surface area (TPSA) is 67.9 Å². The van der Waals surface area contributed by atoms with Crippen molar-refractivity contribution >= 4 is 17.5 Å². The maximum Gasteiger partial charge on any atom is 0.259 e. The van der Waals surface area contributed by atoms with Crippen LogP contribution in [-0.2, 0) is 17.9 Å². The van der Waals surface area contributed by atoms with Crippen LogP contribution in [0.15, 0.2) is 79.4 Å². The van der Waals surface area contributed by atoms with E-state index in [1.807, 2.05) is 60.7 Å². The second-order valence-electron chi connectivity index (χ2n) is 7.82. The summed E-state index contributed by atoms with van der Waals surface area (Å²) in [6.07, 6.45) is 0. The maximum absolute atomic E-state index is 12.8. The molecule has 0 fully saturated rings. The van der Waals surface area contributed by atoms with Gasteiger partial charge in [-0.15, -0.1) is 0 Å². The molecule has 1 aliphatic rings. The monoisotopic (exact) mass is 442 g/mol. The number of hydrogen-bond acceptors (Lipinski definition) is 4. The van der Waals surface area contributed by atoms with E-state index < -0.39 is 6.04 Å². The molecule has 3 aromatic rings. The molecule has 1 atom stereocenters. The van der Waals surface area contributed by atoms with E-state index in [0.29, 0.717) is 35.9 Å². The Morgan fingerprint density at radius 1 is 0.970 bits per heavy atom. The third-order valence-electron chi connectivity index (χ3n) is 5.68. The summed E-state index contributed by atoms with van der Waals surface area (Å²) in [7, 11) is 1.58. The van der Waals surface area contributed by atoms with E-state index in [9.17, 15) is 9.59 Å². The molecule has 0 bridgehead atoms. The molecule has 1 aliphatic heterocycles. The fourth-order valence-corrected chi connectivity index (χ4v) is 3.84. The van der Waals surface area contributed by atoms with Gasteiger partial charge in [0.25, 0.3) is 5.91 Å². The Morgan fingerprint density at radius 3 is 2.36 bits per heavy atom. The largest absolute Gasteiger partial charge is 0.493 e. The molecule has 0 radical (unpaired) electrons. The lowest BCUT2D eigenvalue weighted by Crippen LogP contribution is -2.44. The second kappa shape index (κ2) is 9.61. The summed E-state index contributed by atoms with van der Waals surface area (Å²) in [6.45, 7) is 6.44. The summed E-state index contributed by atoms with van der Waals surface area (Å²) in [5.41, 5.74) is 3.79. The number of carbonyl (C=O) groups excluding carboxylic acids is 2. The van der Waals surface area contributed by atoms with Crippen LogP contribution in [0.25, 0.3) is 5.70 Å². The Bertz CT molecular complexity index is 1150. The molecule has 0 saturated heterocycles. The molecule has 4 rings (SSSR count). The van der Waals surface area contributed by atoms with Gasteiger partial charge in [-0.05, 0) is 36.2 Å². The number of carbonyl (C=O) groups is 2. The first-order valence-electron chi connectivity index (χ1n) is 10.7. The van der Waals surface area contributed by atoms with Crippen LogP contribution in [-0.4, -0.2) is 29.9 Å². The van der Waals surface area contributed by atoms with Gasteiger partial charge in [-0.3, -0.25) is 14.5 Å². The first-order chi connectivity index (χ1) is 16.0. The van der Waals surface area contributed by atoms with E-state index in [1.54, 1.807) is 26.2 Å². The van der Waals surface area contributed by atoms with Crippen molar-refractivity contribution in [3.8, 4) is 11.5 Å². The van der Waals surface area contributed by atoms with E-state index >= 15 is 0 Å². The molecular weight excluding hydrogens is 416 g/mol. The van der Waals surface area contributed by atoms with Gasteiger partial charge in [-0.1, -0.05) is 61.2 Å². The van der Waals surface area contributed by atoms with Gasteiger partial charge in [-0.25, -0.2) is 0 Å². The van der Waals surface area contributed by atoms with E-state index in [0.717, 1.165) is 16.7 Å². The molecule has 168 valence electrons. The number of ether oxygens (including phenoxy) is 2. The van der Waals surface area contributed by atoms with Crippen LogP contribution in [0.4, 0.5) is 0 Å². The van der Waals surface area contributed by atoms with Crippen LogP contribution in [0.5, 0.6) is 11.5 Å². The summed E-state index contributed by atoms with van der Waals surface area (Å²) >= 11 is 0. The molecule has 3 aromatic carbocycles. The maximum atomic E-state index is 12.8. The minimum absolute atomic E-state index is 0.208. The summed E-state index contributed by atoms with van der Waals surface area (Å²) in [5, 5.41) is 2.90. The summed E-state index contributed by atoms with van der Waals surface area (Å²) in [4.78, 5) is 27.0. The summed E-state index contributed by atoms with van der Waals surface area (Å²) < 4.78 is 11.4. The molecule has 0 aliphatic carbocycles. The quantitative estimate of drug-likeness (QED) is 0.561. The van der Waals surface area contributed by atoms with E-state index in [2.05, 4.69) is 11.9 Å². The van der Waals surface area contributed by atoms with Gasteiger partial charge in [0.15, 0.2) is 11.5 Å². The molecular formula is C27H26N2O4. The highest BCUT2D eigenvalue weighted by atomic mass is 16.5. The number of benzene rings is 3. The molecule has 0 aromatic heterocycles. The van der Waals surface area contributed by atoms with E-state index in [-0.39, 0.29) is 11.8 Å². The van der Waals surface area contributed by atoms with Crippen LogP contribution >= 0.6 is 0 Å². The average molecular weight is 443 g/mol. The molecule has 0 saturated carbocycles. The lowest BCUT2D eigenvalue weighted by atomic mass is 10.1. The minimum Gasteiger partial charge on any atom is -0.493 e. The van der Waals surface area contributed by atoms with Crippen LogP contribution < -0.4 is 14.8 Å². The van der Waals surface area contributed by atoms with Gasteiger partial charge in [-0.2, -0.15) is 0 Å². The minimum atomic E-state index is -0.687. The number of rotatable bonds is 8. The van der Waals surface area contributed by atoms with Gasteiger partial charge < -0.3 is 14.8 Å². The smallest absolute Gasteiger partial charge is 0.259 e. The van der Waals surface area contributed by atoms with Gasteiger partial charge in [0, 0.05) is 23.4 Å². The first kappa shape index (κ1) is 22.1. The fourth-order valence-electron chi connectivity index (χ4n) is 3.84. The number of fused-ring (bicyclic) bond motifs is 1. The highest BCUT2D eigenvalue weighted by molar-refractivity contribution is 6.10. The Balaban J connectivity index is 1.38. The first-order valence-corrected chi connectivity index (χ1v) is 10.7. The van der Waals surface area contributed by atoms with Crippen molar-refractivity contribution in [1.82, 2.24) is 10.2 Å². The number of hydrogen-bond donors (Lipinski definition) is 1. The zero-order chi connectivity index (χ0) is 23.4. The molecule has 6 heteroatoms. The number of nitrogens with one attached hydrogen (secondary N) is 1. The van der Waals surface area contributed by atoms with E-state index in [1.165, 1.54) is 4.90 Å². The Morgan fingerprint density at radius 2 is 1.67 bits per heavy atom. The highest BCUT2D eigenvalue weighted by Gasteiger charge is 2.36. The van der Waals surface area contributed by atoms with Gasteiger partial charge >= 0.3 is 0 Å². The van der Waals surface area contributed by atoms with Crippen molar-refractivity contribution in [3.63, 3.8) is 0 Å². The SMILES string of the molecule is C=C1c2ccccc2C(=O)N1[C@@H](C)C(=O)NCc1ccc(OCc2ccccc2)c(OC)c1. The van der Waals surface area contributed by atoms with E-state index in [4.69, 9.17) is 9.47 Å². The Labute approximate surface area is 193 Å². The van der Waals surface area contributed by atoms with Gasteiger partial charge in [0.2, 0.25) is 5.91 Å². The summed E-state index contributed by atoms with van der Waals surface area (Å²) in [5.74, 6) is 0.742. The predicted octanol–water partition coefficient (Wildman–Crippen LogP) is 4.41. The van der Waals surface area contributed by atoms with Crippen molar-refractivity contribution in [2.45, 2.75) is 26.1 Å². The van der Waals surface area contributed by atoms with Crippen LogP contribution in [0.3, 0.4) is 0 Å². The molecule has 2 amide bonds. The molecule has 0 unspecified atom stereocenters. The van der Waals surface area contributed by atoms with Crippen LogP contribution in [0.2, 0.25) is 0 Å². The predicted molar refractivity (Wildman–Crippen MR) is 127 cm³/mol. The Hall–Kier alpha value is -4.06. The number of amides is 2. The van der Waals surface area contributed by atoms with Crippen molar-refractivity contribution in [3.05, 3.63) is 102 Å².